The second-order valence-corrected chi connectivity index (χ2v) is 7.89. The van der Waals surface area contributed by atoms with Crippen molar-refractivity contribution in [2.24, 2.45) is 0 Å². The quantitative estimate of drug-likeness (QED) is 0.588. The molecule has 0 bridgehead atoms. The second-order valence-electron chi connectivity index (χ2n) is 5.95. The van der Waals surface area contributed by atoms with Gasteiger partial charge in [-0.15, -0.1) is 0 Å². The molecule has 0 atom stereocenters. The molecule has 1 aromatic carbocycles. The first-order valence-corrected chi connectivity index (χ1v) is 9.56. The molecule has 1 saturated heterocycles. The number of halogens is 1. The Morgan fingerprint density at radius 1 is 1.00 bits per heavy atom. The molecule has 26 heavy (non-hydrogen) atoms. The van der Waals surface area contributed by atoms with Gasteiger partial charge in [-0.1, -0.05) is 0 Å². The SMILES string of the molecule is O=C(c1cc[n+]([O-])cc1)N1CCCN(S(=O)(=O)c2ccc(F)cc2)CC1. The van der Waals surface area contributed by atoms with E-state index in [0.717, 1.165) is 12.1 Å². The monoisotopic (exact) mass is 379 g/mol. The number of pyridine rings is 1. The fourth-order valence-electron chi connectivity index (χ4n) is 2.83. The first-order valence-electron chi connectivity index (χ1n) is 8.12. The highest BCUT2D eigenvalue weighted by atomic mass is 32.2. The van der Waals surface area contributed by atoms with Gasteiger partial charge in [0.05, 0.1) is 10.5 Å². The van der Waals surface area contributed by atoms with Gasteiger partial charge >= 0.3 is 0 Å². The van der Waals surface area contributed by atoms with E-state index in [-0.39, 0.29) is 30.4 Å². The number of carbonyl (C=O) groups excluding carboxylic acids is 1. The molecule has 3 rings (SSSR count). The molecule has 1 aliphatic rings. The topological polar surface area (TPSA) is 84.6 Å². The number of sulfonamides is 1. The minimum atomic E-state index is -3.74. The van der Waals surface area contributed by atoms with Crippen LogP contribution < -0.4 is 4.73 Å². The van der Waals surface area contributed by atoms with Crippen molar-refractivity contribution in [1.82, 2.24) is 9.21 Å². The Hall–Kier alpha value is -2.52. The van der Waals surface area contributed by atoms with Crippen LogP contribution in [-0.2, 0) is 10.0 Å². The molecular formula is C17H18FN3O4S. The van der Waals surface area contributed by atoms with E-state index in [4.69, 9.17) is 0 Å². The second kappa shape index (κ2) is 7.38. The van der Waals surface area contributed by atoms with Crippen LogP contribution in [0.5, 0.6) is 0 Å². The lowest BCUT2D eigenvalue weighted by Crippen LogP contribution is -2.37. The molecule has 0 aliphatic carbocycles. The van der Waals surface area contributed by atoms with Gasteiger partial charge in [-0.2, -0.15) is 9.04 Å². The Balaban J connectivity index is 1.72. The molecule has 1 fully saturated rings. The molecule has 0 radical (unpaired) electrons. The molecule has 138 valence electrons. The average molecular weight is 379 g/mol. The van der Waals surface area contributed by atoms with E-state index in [9.17, 15) is 22.8 Å². The van der Waals surface area contributed by atoms with Gasteiger partial charge < -0.3 is 10.1 Å². The number of nitrogens with zero attached hydrogens (tertiary/aromatic N) is 3. The highest BCUT2D eigenvalue weighted by Gasteiger charge is 2.28. The zero-order chi connectivity index (χ0) is 18.7. The van der Waals surface area contributed by atoms with Gasteiger partial charge in [-0.3, -0.25) is 4.79 Å². The average Bonchev–Trinajstić information content (AvgIpc) is 2.89. The van der Waals surface area contributed by atoms with E-state index in [1.165, 1.54) is 41.0 Å². The summed E-state index contributed by atoms with van der Waals surface area (Å²) < 4.78 is 40.3. The number of hydrogen-bond acceptors (Lipinski definition) is 4. The smallest absolute Gasteiger partial charge is 0.254 e. The summed E-state index contributed by atoms with van der Waals surface area (Å²) in [5, 5.41) is 11.1. The molecule has 0 N–H and O–H groups in total. The Bertz CT molecular complexity index is 885. The maximum Gasteiger partial charge on any atom is 0.254 e. The molecule has 1 aliphatic heterocycles. The lowest BCUT2D eigenvalue weighted by molar-refractivity contribution is -0.605. The molecular weight excluding hydrogens is 361 g/mol. The van der Waals surface area contributed by atoms with Crippen molar-refractivity contribution < 1.29 is 22.3 Å². The molecule has 0 unspecified atom stereocenters. The number of carbonyl (C=O) groups is 1. The Morgan fingerprint density at radius 2 is 1.65 bits per heavy atom. The van der Waals surface area contributed by atoms with Gasteiger partial charge in [0.15, 0.2) is 12.4 Å². The van der Waals surface area contributed by atoms with Crippen LogP contribution in [0.4, 0.5) is 4.39 Å². The first kappa shape index (κ1) is 18.3. The fourth-order valence-corrected chi connectivity index (χ4v) is 4.30. The third-order valence-corrected chi connectivity index (χ3v) is 6.16. The van der Waals surface area contributed by atoms with Crippen molar-refractivity contribution in [3.8, 4) is 0 Å². The van der Waals surface area contributed by atoms with E-state index >= 15 is 0 Å². The van der Waals surface area contributed by atoms with Crippen LogP contribution in [0.25, 0.3) is 0 Å². The van der Waals surface area contributed by atoms with E-state index in [1.54, 1.807) is 4.90 Å². The third-order valence-electron chi connectivity index (χ3n) is 4.24. The Labute approximate surface area is 150 Å². The fraction of sp³-hybridized carbons (Fsp3) is 0.294. The van der Waals surface area contributed by atoms with Gasteiger partial charge in [-0.25, -0.2) is 12.8 Å². The number of hydrogen-bond donors (Lipinski definition) is 0. The maximum atomic E-state index is 13.0. The number of amides is 1. The van der Waals surface area contributed by atoms with Gasteiger partial charge in [0.1, 0.15) is 5.82 Å². The highest BCUT2D eigenvalue weighted by Crippen LogP contribution is 2.18. The van der Waals surface area contributed by atoms with E-state index in [1.807, 2.05) is 0 Å². The Morgan fingerprint density at radius 3 is 2.31 bits per heavy atom. The standard InChI is InChI=1S/C17H18FN3O4S/c18-15-2-4-16(5-3-15)26(24,25)21-9-1-8-19(12-13-21)17(22)14-6-10-20(23)11-7-14/h2-7,10-11H,1,8-9,12-13H2. The number of aromatic nitrogens is 1. The predicted octanol–water partition coefficient (Wildman–Crippen LogP) is 0.996. The van der Waals surface area contributed by atoms with Crippen molar-refractivity contribution in [3.63, 3.8) is 0 Å². The largest absolute Gasteiger partial charge is 0.619 e. The van der Waals surface area contributed by atoms with Gasteiger partial charge in [-0.05, 0) is 30.7 Å². The van der Waals surface area contributed by atoms with Crippen molar-refractivity contribution in [2.45, 2.75) is 11.3 Å². The van der Waals surface area contributed by atoms with Crippen LogP contribution in [0, 0.1) is 11.0 Å². The van der Waals surface area contributed by atoms with Gasteiger partial charge in [0, 0.05) is 38.3 Å². The van der Waals surface area contributed by atoms with Crippen molar-refractivity contribution in [3.05, 3.63) is 65.4 Å². The number of rotatable bonds is 3. The normalized spacial score (nSPS) is 16.3. The summed E-state index contributed by atoms with van der Waals surface area (Å²) in [5.41, 5.74) is 0.381. The molecule has 0 saturated carbocycles. The summed E-state index contributed by atoms with van der Waals surface area (Å²) in [6.45, 7) is 1.09. The minimum Gasteiger partial charge on any atom is -0.619 e. The molecule has 2 aromatic rings. The summed E-state index contributed by atoms with van der Waals surface area (Å²) in [6.07, 6.45) is 2.98. The lowest BCUT2D eigenvalue weighted by Gasteiger charge is -2.22. The van der Waals surface area contributed by atoms with E-state index < -0.39 is 15.8 Å². The van der Waals surface area contributed by atoms with E-state index in [0.29, 0.717) is 23.3 Å². The van der Waals surface area contributed by atoms with Crippen molar-refractivity contribution in [1.29, 1.82) is 0 Å². The first-order chi connectivity index (χ1) is 12.4. The van der Waals surface area contributed by atoms with Crippen LogP contribution in [0.3, 0.4) is 0 Å². The van der Waals surface area contributed by atoms with Gasteiger partial charge in [0.25, 0.3) is 5.91 Å². The van der Waals surface area contributed by atoms with Crippen LogP contribution in [-0.4, -0.2) is 49.7 Å². The highest BCUT2D eigenvalue weighted by molar-refractivity contribution is 7.89. The summed E-state index contributed by atoms with van der Waals surface area (Å²) in [4.78, 5) is 14.1. The predicted molar refractivity (Wildman–Crippen MR) is 91.1 cm³/mol. The summed E-state index contributed by atoms with van der Waals surface area (Å²) >= 11 is 0. The zero-order valence-corrected chi connectivity index (χ0v) is 14.7. The summed E-state index contributed by atoms with van der Waals surface area (Å²) in [6, 6.07) is 7.57. The molecule has 0 spiro atoms. The van der Waals surface area contributed by atoms with Crippen LogP contribution >= 0.6 is 0 Å². The lowest BCUT2D eigenvalue weighted by atomic mass is 10.2. The van der Waals surface area contributed by atoms with Crippen molar-refractivity contribution in [2.75, 3.05) is 26.2 Å². The molecule has 1 aromatic heterocycles. The van der Waals surface area contributed by atoms with Crippen LogP contribution in [0.1, 0.15) is 16.8 Å². The van der Waals surface area contributed by atoms with Crippen molar-refractivity contribution >= 4 is 15.9 Å². The maximum absolute atomic E-state index is 13.0. The number of benzene rings is 1. The minimum absolute atomic E-state index is 0.0294. The zero-order valence-electron chi connectivity index (χ0n) is 13.9. The molecule has 2 heterocycles. The van der Waals surface area contributed by atoms with Crippen LogP contribution in [0.2, 0.25) is 0 Å². The Kier molecular flexibility index (Phi) is 5.19. The molecule has 7 nitrogen and oxygen atoms in total. The summed E-state index contributed by atoms with van der Waals surface area (Å²) in [7, 11) is -3.74. The summed E-state index contributed by atoms with van der Waals surface area (Å²) in [5.74, 6) is -0.745. The van der Waals surface area contributed by atoms with Crippen LogP contribution in [0.15, 0.2) is 53.7 Å². The third kappa shape index (κ3) is 3.83. The van der Waals surface area contributed by atoms with Gasteiger partial charge in [0.2, 0.25) is 10.0 Å². The van der Waals surface area contributed by atoms with E-state index in [2.05, 4.69) is 0 Å². The molecule has 9 heteroatoms. The molecule has 1 amide bonds.